The fraction of sp³-hybridized carbons (Fsp3) is 0.273. The molecule has 0 saturated carbocycles. The van der Waals surface area contributed by atoms with Gasteiger partial charge in [0, 0.05) is 65.4 Å². The molecule has 4 heteroatoms. The molecule has 1 aromatic rings. The van der Waals surface area contributed by atoms with E-state index in [0.29, 0.717) is 0 Å². The number of hydrogen-bond acceptors (Lipinski definition) is 2. The van der Waals surface area contributed by atoms with Gasteiger partial charge in [0.25, 0.3) is 0 Å². The van der Waals surface area contributed by atoms with Crippen LogP contribution in [0.15, 0.2) is 22.1 Å². The Balaban J connectivity index is 0. The summed E-state index contributed by atoms with van der Waals surface area (Å²) in [5.74, 6) is 0. The molecule has 74 valence electrons. The van der Waals surface area contributed by atoms with Crippen molar-refractivity contribution in [3.05, 3.63) is 24.3 Å². The number of aliphatic imine (C=N–C) groups is 2. The van der Waals surface area contributed by atoms with Crippen molar-refractivity contribution in [2.45, 2.75) is 20.3 Å². The molecule has 0 heterocycles. The van der Waals surface area contributed by atoms with Crippen molar-refractivity contribution < 1.29 is 65.4 Å². The van der Waals surface area contributed by atoms with E-state index in [0.717, 1.165) is 17.8 Å². The van der Waals surface area contributed by atoms with Gasteiger partial charge in [-0.05, 0) is 0 Å². The molecule has 0 aromatic heterocycles. The third-order valence-electron chi connectivity index (χ3n) is 1.30. The maximum Gasteiger partial charge on any atom is 0 e. The van der Waals surface area contributed by atoms with E-state index >= 15 is 0 Å². The van der Waals surface area contributed by atoms with Crippen LogP contribution in [0.3, 0.4) is 0 Å². The van der Waals surface area contributed by atoms with Crippen LogP contribution in [-0.4, -0.2) is 12.4 Å². The molecular formula is C11H10N2Y2-4. The van der Waals surface area contributed by atoms with Crippen LogP contribution in [0.25, 0.3) is 0 Å². The van der Waals surface area contributed by atoms with Gasteiger partial charge in [0.05, 0.1) is 0 Å². The summed E-state index contributed by atoms with van der Waals surface area (Å²) in [5, 5.41) is 0. The van der Waals surface area contributed by atoms with Crippen molar-refractivity contribution >= 4 is 23.8 Å². The fourth-order valence-electron chi connectivity index (χ4n) is 0.811. The normalized spacial score (nSPS) is 10.0. The van der Waals surface area contributed by atoms with Gasteiger partial charge in [0.1, 0.15) is 0 Å². The van der Waals surface area contributed by atoms with Crippen molar-refractivity contribution in [3.63, 3.8) is 0 Å². The Kier molecular flexibility index (Phi) is 13.6. The molecule has 0 aliphatic rings. The maximum absolute atomic E-state index is 4.05. The molecular weight excluding hydrogens is 338 g/mol. The van der Waals surface area contributed by atoms with Crippen LogP contribution < -0.4 is 0 Å². The molecule has 0 bridgehead atoms. The van der Waals surface area contributed by atoms with E-state index in [4.69, 9.17) is 0 Å². The Morgan fingerprint density at radius 2 is 1.80 bits per heavy atom. The summed E-state index contributed by atoms with van der Waals surface area (Å²) in [6.07, 6.45) is 6.33. The third-order valence-corrected chi connectivity index (χ3v) is 1.30. The topological polar surface area (TPSA) is 24.7 Å². The Labute approximate surface area is 142 Å². The molecule has 0 aliphatic heterocycles. The van der Waals surface area contributed by atoms with E-state index in [9.17, 15) is 0 Å². The SMILES string of the molecule is C[C-]=Nc1[c-]c[c-]c(N=[C-]CC)c1.[Y].[Y]. The van der Waals surface area contributed by atoms with Gasteiger partial charge in [0.15, 0.2) is 0 Å². The minimum atomic E-state index is 0. The molecule has 0 aliphatic carbocycles. The van der Waals surface area contributed by atoms with E-state index < -0.39 is 0 Å². The summed E-state index contributed by atoms with van der Waals surface area (Å²) in [5.41, 5.74) is 1.45. The van der Waals surface area contributed by atoms with Crippen LogP contribution in [0, 0.1) is 12.1 Å². The molecule has 2 radical (unpaired) electrons. The maximum atomic E-state index is 4.05. The first kappa shape index (κ1) is 18.1. The summed E-state index contributed by atoms with van der Waals surface area (Å²) in [7, 11) is 0. The smallest absolute Gasteiger partial charge is 0 e. The standard InChI is InChI=1S/C11H10N2.2Y/c1-3-8-13-11-7-5-6-10(9-11)12-4-2;;/h5,9H,3H2,1-2H3;;/q-4;;. The Hall–Kier alpha value is 0.768. The summed E-state index contributed by atoms with van der Waals surface area (Å²) in [6.45, 7) is 3.73. The second kappa shape index (κ2) is 11.3. The second-order valence-electron chi connectivity index (χ2n) is 2.31. The average Bonchev–Trinajstić information content (AvgIpc) is 2.16. The predicted molar refractivity (Wildman–Crippen MR) is 54.3 cm³/mol. The van der Waals surface area contributed by atoms with Crippen LogP contribution in [0.4, 0.5) is 11.4 Å². The molecule has 1 rings (SSSR count). The average molecular weight is 348 g/mol. The Morgan fingerprint density at radius 3 is 2.33 bits per heavy atom. The third kappa shape index (κ3) is 7.63. The molecule has 0 N–H and O–H groups in total. The van der Waals surface area contributed by atoms with Crippen LogP contribution in [0.2, 0.25) is 0 Å². The number of benzene rings is 1. The molecule has 0 saturated heterocycles. The van der Waals surface area contributed by atoms with Gasteiger partial charge in [0.2, 0.25) is 0 Å². The van der Waals surface area contributed by atoms with Crippen LogP contribution in [0.1, 0.15) is 20.3 Å². The molecule has 0 amide bonds. The van der Waals surface area contributed by atoms with Crippen molar-refractivity contribution in [3.8, 4) is 0 Å². The van der Waals surface area contributed by atoms with Gasteiger partial charge in [-0.25, -0.2) is 0 Å². The predicted octanol–water partition coefficient (Wildman–Crippen LogP) is 2.87. The van der Waals surface area contributed by atoms with E-state index in [-0.39, 0.29) is 65.4 Å². The molecule has 1 aromatic carbocycles. The van der Waals surface area contributed by atoms with Crippen molar-refractivity contribution in [2.24, 2.45) is 9.98 Å². The van der Waals surface area contributed by atoms with Gasteiger partial charge in [-0.2, -0.15) is 12.4 Å². The monoisotopic (exact) mass is 348 g/mol. The zero-order valence-electron chi connectivity index (χ0n) is 8.91. The first-order chi connectivity index (χ1) is 6.36. The second-order valence-corrected chi connectivity index (χ2v) is 2.31. The van der Waals surface area contributed by atoms with E-state index in [1.807, 2.05) is 6.92 Å². The Bertz CT molecular complexity index is 322. The molecule has 0 fully saturated rings. The van der Waals surface area contributed by atoms with Gasteiger partial charge < -0.3 is 45.6 Å². The van der Waals surface area contributed by atoms with Gasteiger partial charge >= 0.3 is 0 Å². The van der Waals surface area contributed by atoms with Crippen molar-refractivity contribution in [2.75, 3.05) is 0 Å². The molecule has 15 heavy (non-hydrogen) atoms. The summed E-state index contributed by atoms with van der Waals surface area (Å²) in [4.78, 5) is 8.02. The summed E-state index contributed by atoms with van der Waals surface area (Å²) in [6, 6.07) is 9.31. The largest absolute Gasteiger partial charge is 0.506 e. The molecule has 0 atom stereocenters. The number of hydrogen-bond donors (Lipinski definition) is 0. The Morgan fingerprint density at radius 1 is 1.20 bits per heavy atom. The minimum Gasteiger partial charge on any atom is -0.506 e. The van der Waals surface area contributed by atoms with E-state index in [1.165, 1.54) is 0 Å². The molecule has 0 spiro atoms. The van der Waals surface area contributed by atoms with Crippen LogP contribution in [0.5, 0.6) is 0 Å². The summed E-state index contributed by atoms with van der Waals surface area (Å²) >= 11 is 0. The van der Waals surface area contributed by atoms with Crippen molar-refractivity contribution in [1.29, 1.82) is 0 Å². The first-order valence-electron chi connectivity index (χ1n) is 4.11. The quantitative estimate of drug-likeness (QED) is 0.593. The molecule has 0 unspecified atom stereocenters. The molecule has 2 nitrogen and oxygen atoms in total. The zero-order valence-corrected chi connectivity index (χ0v) is 14.6. The first-order valence-corrected chi connectivity index (χ1v) is 4.11. The van der Waals surface area contributed by atoms with Gasteiger partial charge in [-0.1, -0.05) is 13.3 Å². The zero-order chi connectivity index (χ0) is 9.52. The number of rotatable bonds is 3. The minimum absolute atomic E-state index is 0. The van der Waals surface area contributed by atoms with E-state index in [2.05, 4.69) is 34.5 Å². The summed E-state index contributed by atoms with van der Waals surface area (Å²) < 4.78 is 0. The fourth-order valence-corrected chi connectivity index (χ4v) is 0.811. The van der Waals surface area contributed by atoms with Crippen molar-refractivity contribution in [1.82, 2.24) is 0 Å². The van der Waals surface area contributed by atoms with Gasteiger partial charge in [-0.15, -0.1) is 6.92 Å². The van der Waals surface area contributed by atoms with Crippen LogP contribution >= 0.6 is 0 Å². The van der Waals surface area contributed by atoms with Gasteiger partial charge in [-0.3, -0.25) is 0 Å². The van der Waals surface area contributed by atoms with E-state index in [1.54, 1.807) is 19.1 Å². The number of nitrogens with zero attached hydrogens (tertiary/aromatic N) is 2. The van der Waals surface area contributed by atoms with Crippen LogP contribution in [-0.2, 0) is 65.4 Å².